The average molecular weight is 263 g/mol. The van der Waals surface area contributed by atoms with Gasteiger partial charge in [-0.3, -0.25) is 9.69 Å². The lowest BCUT2D eigenvalue weighted by atomic mass is 10.0. The van der Waals surface area contributed by atoms with E-state index in [1.54, 1.807) is 0 Å². The maximum atomic E-state index is 10.7. The molecule has 0 saturated carbocycles. The smallest absolute Gasteiger partial charge is 0.304 e. The number of hydrogen-bond donors (Lipinski definition) is 1. The van der Waals surface area contributed by atoms with E-state index in [0.29, 0.717) is 13.2 Å². The molecule has 1 aromatic rings. The third-order valence-electron chi connectivity index (χ3n) is 3.71. The SMILES string of the molecule is Cc1ccccc1C1CN(CCC(=O)O)C(C)CO1. The van der Waals surface area contributed by atoms with Crippen molar-refractivity contribution in [2.45, 2.75) is 32.4 Å². The van der Waals surface area contributed by atoms with Crippen molar-refractivity contribution in [3.63, 3.8) is 0 Å². The minimum absolute atomic E-state index is 0.0474. The molecule has 0 aromatic heterocycles. The molecule has 4 nitrogen and oxygen atoms in total. The number of hydrogen-bond acceptors (Lipinski definition) is 3. The molecule has 1 N–H and O–H groups in total. The molecule has 104 valence electrons. The van der Waals surface area contributed by atoms with Gasteiger partial charge in [-0.1, -0.05) is 24.3 Å². The Morgan fingerprint density at radius 1 is 1.47 bits per heavy atom. The first kappa shape index (κ1) is 14.0. The van der Waals surface area contributed by atoms with Gasteiger partial charge >= 0.3 is 5.97 Å². The summed E-state index contributed by atoms with van der Waals surface area (Å²) in [4.78, 5) is 12.9. The van der Waals surface area contributed by atoms with Crippen molar-refractivity contribution in [1.29, 1.82) is 0 Å². The predicted octanol–water partition coefficient (Wildman–Crippen LogP) is 2.23. The van der Waals surface area contributed by atoms with E-state index in [2.05, 4.69) is 30.9 Å². The summed E-state index contributed by atoms with van der Waals surface area (Å²) in [6.45, 7) is 6.16. The molecule has 2 unspecified atom stereocenters. The van der Waals surface area contributed by atoms with E-state index < -0.39 is 5.97 Å². The molecule has 1 saturated heterocycles. The third-order valence-corrected chi connectivity index (χ3v) is 3.71. The van der Waals surface area contributed by atoms with Gasteiger partial charge in [-0.15, -0.1) is 0 Å². The molecule has 1 aliphatic heterocycles. The topological polar surface area (TPSA) is 49.8 Å². The Morgan fingerprint density at radius 2 is 2.21 bits per heavy atom. The van der Waals surface area contributed by atoms with Crippen LogP contribution in [0.3, 0.4) is 0 Å². The van der Waals surface area contributed by atoms with Crippen LogP contribution in [-0.2, 0) is 9.53 Å². The number of carboxylic acid groups (broad SMARTS) is 1. The van der Waals surface area contributed by atoms with Crippen LogP contribution in [0.15, 0.2) is 24.3 Å². The molecule has 2 rings (SSSR count). The molecule has 1 aromatic carbocycles. The summed E-state index contributed by atoms with van der Waals surface area (Å²) in [6, 6.07) is 8.49. The summed E-state index contributed by atoms with van der Waals surface area (Å²) in [7, 11) is 0. The Kier molecular flexibility index (Phi) is 4.56. The van der Waals surface area contributed by atoms with Gasteiger partial charge in [-0.25, -0.2) is 0 Å². The molecule has 19 heavy (non-hydrogen) atoms. The Balaban J connectivity index is 2.04. The van der Waals surface area contributed by atoms with Crippen LogP contribution >= 0.6 is 0 Å². The second-order valence-electron chi connectivity index (χ2n) is 5.17. The van der Waals surface area contributed by atoms with Crippen molar-refractivity contribution in [2.75, 3.05) is 19.7 Å². The number of nitrogens with zero attached hydrogens (tertiary/aromatic N) is 1. The molecule has 0 bridgehead atoms. The zero-order chi connectivity index (χ0) is 13.8. The van der Waals surface area contributed by atoms with E-state index >= 15 is 0 Å². The van der Waals surface area contributed by atoms with Crippen molar-refractivity contribution < 1.29 is 14.6 Å². The van der Waals surface area contributed by atoms with Crippen LogP contribution in [0.1, 0.15) is 30.6 Å². The average Bonchev–Trinajstić information content (AvgIpc) is 2.38. The number of ether oxygens (including phenoxy) is 1. The molecule has 0 aliphatic carbocycles. The largest absolute Gasteiger partial charge is 0.481 e. The number of carboxylic acids is 1. The molecule has 4 heteroatoms. The highest BCUT2D eigenvalue weighted by atomic mass is 16.5. The lowest BCUT2D eigenvalue weighted by Gasteiger charge is -2.38. The maximum Gasteiger partial charge on any atom is 0.304 e. The van der Waals surface area contributed by atoms with Crippen LogP contribution in [0.2, 0.25) is 0 Å². The summed E-state index contributed by atoms with van der Waals surface area (Å²) in [5.41, 5.74) is 2.43. The van der Waals surface area contributed by atoms with E-state index in [9.17, 15) is 4.79 Å². The van der Waals surface area contributed by atoms with Gasteiger partial charge in [0.05, 0.1) is 19.1 Å². The van der Waals surface area contributed by atoms with Gasteiger partial charge in [0.2, 0.25) is 0 Å². The predicted molar refractivity (Wildman–Crippen MR) is 73.2 cm³/mol. The normalized spacial score (nSPS) is 24.3. The molecule has 0 spiro atoms. The number of carbonyl (C=O) groups is 1. The van der Waals surface area contributed by atoms with Crippen molar-refractivity contribution in [3.8, 4) is 0 Å². The highest BCUT2D eigenvalue weighted by molar-refractivity contribution is 5.66. The van der Waals surface area contributed by atoms with Crippen molar-refractivity contribution in [3.05, 3.63) is 35.4 Å². The van der Waals surface area contributed by atoms with Crippen LogP contribution in [-0.4, -0.2) is 41.7 Å². The number of benzene rings is 1. The number of aliphatic carboxylic acids is 1. The third kappa shape index (κ3) is 3.55. The molecule has 0 amide bonds. The van der Waals surface area contributed by atoms with Gasteiger partial charge in [0.25, 0.3) is 0 Å². The fraction of sp³-hybridized carbons (Fsp3) is 0.533. The van der Waals surface area contributed by atoms with Gasteiger partial charge in [0.1, 0.15) is 0 Å². The molecule has 0 radical (unpaired) electrons. The van der Waals surface area contributed by atoms with Crippen molar-refractivity contribution in [2.24, 2.45) is 0 Å². The number of rotatable bonds is 4. The van der Waals surface area contributed by atoms with Gasteiger partial charge in [-0.05, 0) is 25.0 Å². The molecule has 1 fully saturated rings. The first-order chi connectivity index (χ1) is 9.08. The molecule has 1 heterocycles. The van der Waals surface area contributed by atoms with Crippen LogP contribution < -0.4 is 0 Å². The Bertz CT molecular complexity index is 447. The van der Waals surface area contributed by atoms with Gasteiger partial charge in [-0.2, -0.15) is 0 Å². The first-order valence-corrected chi connectivity index (χ1v) is 6.71. The van der Waals surface area contributed by atoms with Gasteiger partial charge < -0.3 is 9.84 Å². The molecular weight excluding hydrogens is 242 g/mol. The summed E-state index contributed by atoms with van der Waals surface area (Å²) in [5.74, 6) is -0.744. The molecule has 1 aliphatic rings. The summed E-state index contributed by atoms with van der Waals surface area (Å²) in [6.07, 6.45) is 0.233. The van der Waals surface area contributed by atoms with E-state index in [1.807, 2.05) is 12.1 Å². The molecular formula is C15H21NO3. The van der Waals surface area contributed by atoms with E-state index in [4.69, 9.17) is 9.84 Å². The van der Waals surface area contributed by atoms with Crippen molar-refractivity contribution in [1.82, 2.24) is 4.90 Å². The number of morpholine rings is 1. The van der Waals surface area contributed by atoms with E-state index in [0.717, 1.165) is 6.54 Å². The van der Waals surface area contributed by atoms with Gasteiger partial charge in [0, 0.05) is 19.1 Å². The lowest BCUT2D eigenvalue weighted by molar-refractivity contribution is -0.138. The van der Waals surface area contributed by atoms with Crippen LogP contribution in [0.4, 0.5) is 0 Å². The summed E-state index contributed by atoms with van der Waals surface area (Å²) in [5, 5.41) is 8.80. The second kappa shape index (κ2) is 6.17. The fourth-order valence-corrected chi connectivity index (χ4v) is 2.49. The highest BCUT2D eigenvalue weighted by Crippen LogP contribution is 2.27. The first-order valence-electron chi connectivity index (χ1n) is 6.71. The molecule has 2 atom stereocenters. The fourth-order valence-electron chi connectivity index (χ4n) is 2.49. The highest BCUT2D eigenvalue weighted by Gasteiger charge is 2.27. The quantitative estimate of drug-likeness (QED) is 0.905. The Morgan fingerprint density at radius 3 is 2.89 bits per heavy atom. The van der Waals surface area contributed by atoms with Crippen LogP contribution in [0.5, 0.6) is 0 Å². The number of aryl methyl sites for hydroxylation is 1. The van der Waals surface area contributed by atoms with E-state index in [1.165, 1.54) is 11.1 Å². The lowest BCUT2D eigenvalue weighted by Crippen LogP contribution is -2.45. The summed E-state index contributed by atoms with van der Waals surface area (Å²) >= 11 is 0. The minimum atomic E-state index is -0.744. The Hall–Kier alpha value is -1.39. The second-order valence-corrected chi connectivity index (χ2v) is 5.17. The summed E-state index contributed by atoms with van der Waals surface area (Å²) < 4.78 is 5.91. The van der Waals surface area contributed by atoms with Crippen molar-refractivity contribution >= 4 is 5.97 Å². The Labute approximate surface area is 114 Å². The monoisotopic (exact) mass is 263 g/mol. The van der Waals surface area contributed by atoms with Crippen LogP contribution in [0, 0.1) is 6.92 Å². The van der Waals surface area contributed by atoms with Crippen LogP contribution in [0.25, 0.3) is 0 Å². The standard InChI is InChI=1S/C15H21NO3/c1-11-5-3-4-6-13(11)14-9-16(8-7-15(17)18)12(2)10-19-14/h3-6,12,14H,7-10H2,1-2H3,(H,17,18). The van der Waals surface area contributed by atoms with E-state index in [-0.39, 0.29) is 18.6 Å². The van der Waals surface area contributed by atoms with Gasteiger partial charge in [0.15, 0.2) is 0 Å². The zero-order valence-electron chi connectivity index (χ0n) is 11.5. The zero-order valence-corrected chi connectivity index (χ0v) is 11.5. The minimum Gasteiger partial charge on any atom is -0.481 e. The maximum absolute atomic E-state index is 10.7.